The number of hydrogen-bond donors (Lipinski definition) is 1. The van der Waals surface area contributed by atoms with E-state index in [0.717, 1.165) is 11.1 Å². The van der Waals surface area contributed by atoms with Gasteiger partial charge in [-0.25, -0.2) is 9.97 Å². The molecule has 0 aromatic carbocycles. The molecule has 4 heterocycles. The van der Waals surface area contributed by atoms with Gasteiger partial charge < -0.3 is 19.3 Å². The third-order valence-corrected chi connectivity index (χ3v) is 6.42. The second-order valence-corrected chi connectivity index (χ2v) is 9.09. The molecule has 0 spiro atoms. The number of ether oxygens (including phenoxy) is 3. The van der Waals surface area contributed by atoms with Gasteiger partial charge in [0, 0.05) is 37.1 Å². The summed E-state index contributed by atoms with van der Waals surface area (Å²) in [5.74, 6) is 0.543. The van der Waals surface area contributed by atoms with Crippen LogP contribution in [-0.4, -0.2) is 63.0 Å². The van der Waals surface area contributed by atoms with Gasteiger partial charge in [-0.05, 0) is 37.5 Å². The normalized spacial score (nSPS) is 12.7. The number of hydrogen-bond acceptors (Lipinski definition) is 7. The van der Waals surface area contributed by atoms with Crippen LogP contribution < -0.4 is 9.47 Å². The van der Waals surface area contributed by atoms with Crippen LogP contribution in [0.4, 0.5) is 13.2 Å². The fraction of sp³-hybridized carbons (Fsp3) is 0.444. The molecule has 0 aliphatic carbocycles. The Bertz CT molecular complexity index is 1420. The Balaban J connectivity index is 1.87. The number of aromatic hydroxyl groups is 1. The monoisotopic (exact) mass is 547 g/mol. The van der Waals surface area contributed by atoms with Crippen molar-refractivity contribution in [1.82, 2.24) is 24.3 Å². The molecule has 4 rings (SSSR count). The second kappa shape index (κ2) is 11.9. The van der Waals surface area contributed by atoms with Gasteiger partial charge in [0.2, 0.25) is 5.88 Å². The summed E-state index contributed by atoms with van der Waals surface area (Å²) in [5.41, 5.74) is 2.77. The van der Waals surface area contributed by atoms with E-state index in [9.17, 15) is 18.3 Å². The van der Waals surface area contributed by atoms with E-state index in [4.69, 9.17) is 19.2 Å². The van der Waals surface area contributed by atoms with Gasteiger partial charge in [-0.3, -0.25) is 9.25 Å². The van der Waals surface area contributed by atoms with Gasteiger partial charge in [-0.15, -0.1) is 0 Å². The van der Waals surface area contributed by atoms with Crippen molar-refractivity contribution in [2.45, 2.75) is 51.7 Å². The molecule has 0 aliphatic heterocycles. The highest BCUT2D eigenvalue weighted by Crippen LogP contribution is 2.41. The minimum atomic E-state index is -4.43. The number of halogens is 3. The molecule has 0 fully saturated rings. The van der Waals surface area contributed by atoms with Crippen LogP contribution in [-0.2, 0) is 11.3 Å². The molecule has 0 saturated carbocycles. The highest BCUT2D eigenvalue weighted by atomic mass is 19.4. The summed E-state index contributed by atoms with van der Waals surface area (Å²) in [5, 5.41) is 15.7. The third kappa shape index (κ3) is 6.11. The molecular formula is C27H32F3N5O4. The van der Waals surface area contributed by atoms with Gasteiger partial charge >= 0.3 is 6.18 Å². The Morgan fingerprint density at radius 3 is 2.54 bits per heavy atom. The van der Waals surface area contributed by atoms with E-state index in [1.807, 2.05) is 13.8 Å². The van der Waals surface area contributed by atoms with Crippen LogP contribution in [0.1, 0.15) is 44.7 Å². The first kappa shape index (κ1) is 28.2. The van der Waals surface area contributed by atoms with Crippen LogP contribution in [0.2, 0.25) is 0 Å². The second-order valence-electron chi connectivity index (χ2n) is 9.09. The Morgan fingerprint density at radius 2 is 1.87 bits per heavy atom. The van der Waals surface area contributed by atoms with Crippen molar-refractivity contribution in [2.24, 2.45) is 0 Å². The molecular weight excluding hydrogens is 515 g/mol. The molecule has 1 atom stereocenters. The zero-order valence-electron chi connectivity index (χ0n) is 22.3. The Hall–Kier alpha value is -3.80. The molecule has 12 heteroatoms. The summed E-state index contributed by atoms with van der Waals surface area (Å²) < 4.78 is 57.7. The van der Waals surface area contributed by atoms with Crippen molar-refractivity contribution in [3.8, 4) is 34.5 Å². The smallest absolute Gasteiger partial charge is 0.408 e. The molecule has 4 aromatic heterocycles. The largest absolute Gasteiger partial charge is 0.494 e. The zero-order chi connectivity index (χ0) is 28.2. The van der Waals surface area contributed by atoms with E-state index in [1.165, 1.54) is 26.6 Å². The molecule has 210 valence electrons. The highest BCUT2D eigenvalue weighted by Gasteiger charge is 2.30. The van der Waals surface area contributed by atoms with Crippen molar-refractivity contribution in [3.05, 3.63) is 42.5 Å². The number of methoxy groups -OCH3 is 2. The maximum absolute atomic E-state index is 13.0. The minimum absolute atomic E-state index is 0.109. The molecule has 4 aromatic rings. The topological polar surface area (TPSA) is 96.5 Å². The molecule has 0 bridgehead atoms. The summed E-state index contributed by atoms with van der Waals surface area (Å²) in [7, 11) is 3.01. The minimum Gasteiger partial charge on any atom is -0.494 e. The van der Waals surface area contributed by atoms with Crippen molar-refractivity contribution in [1.29, 1.82) is 0 Å². The average Bonchev–Trinajstić information content (AvgIpc) is 3.48. The summed E-state index contributed by atoms with van der Waals surface area (Å²) in [4.78, 5) is 9.19. The molecule has 0 amide bonds. The van der Waals surface area contributed by atoms with Crippen LogP contribution in [0.25, 0.3) is 27.8 Å². The van der Waals surface area contributed by atoms with E-state index in [0.29, 0.717) is 71.2 Å². The number of aromatic nitrogens is 5. The summed E-state index contributed by atoms with van der Waals surface area (Å²) in [6.07, 6.45) is 1.98. The molecule has 39 heavy (non-hydrogen) atoms. The first-order valence-corrected chi connectivity index (χ1v) is 12.7. The number of nitrogens with zero attached hydrogens (tertiary/aromatic N) is 5. The lowest BCUT2D eigenvalue weighted by Crippen LogP contribution is -2.17. The SMILES string of the molecule is CCCOCCC(CC)c1c2nc(-c3cnc(OC)c(OC)c3)ccc2c(O)n1-c1cnn(CC(F)(F)F)c1. The zero-order valence-corrected chi connectivity index (χ0v) is 22.3. The molecule has 0 aliphatic rings. The summed E-state index contributed by atoms with van der Waals surface area (Å²) in [6.45, 7) is 3.93. The fourth-order valence-electron chi connectivity index (χ4n) is 4.59. The van der Waals surface area contributed by atoms with E-state index in [2.05, 4.69) is 10.1 Å². The predicted octanol–water partition coefficient (Wildman–Crippen LogP) is 5.88. The van der Waals surface area contributed by atoms with Crippen molar-refractivity contribution < 1.29 is 32.5 Å². The van der Waals surface area contributed by atoms with Gasteiger partial charge in [-0.2, -0.15) is 18.3 Å². The van der Waals surface area contributed by atoms with Gasteiger partial charge in [-0.1, -0.05) is 13.8 Å². The molecule has 1 unspecified atom stereocenters. The van der Waals surface area contributed by atoms with E-state index < -0.39 is 12.7 Å². The van der Waals surface area contributed by atoms with Crippen molar-refractivity contribution >= 4 is 10.9 Å². The van der Waals surface area contributed by atoms with E-state index in [-0.39, 0.29) is 11.8 Å². The lowest BCUT2D eigenvalue weighted by molar-refractivity contribution is -0.142. The lowest BCUT2D eigenvalue weighted by atomic mass is 9.97. The van der Waals surface area contributed by atoms with E-state index >= 15 is 0 Å². The quantitative estimate of drug-likeness (QED) is 0.221. The maximum atomic E-state index is 13.0. The fourth-order valence-corrected chi connectivity index (χ4v) is 4.59. The summed E-state index contributed by atoms with van der Waals surface area (Å²) in [6, 6.07) is 5.25. The van der Waals surface area contributed by atoms with Gasteiger partial charge in [0.05, 0.1) is 48.4 Å². The number of rotatable bonds is 12. The van der Waals surface area contributed by atoms with Gasteiger partial charge in [0.25, 0.3) is 5.88 Å². The predicted molar refractivity (Wildman–Crippen MR) is 140 cm³/mol. The molecule has 0 radical (unpaired) electrons. The van der Waals surface area contributed by atoms with Crippen molar-refractivity contribution in [3.63, 3.8) is 0 Å². The Kier molecular flexibility index (Phi) is 8.63. The van der Waals surface area contributed by atoms with Crippen LogP contribution >= 0.6 is 0 Å². The number of pyridine rings is 2. The molecule has 9 nitrogen and oxygen atoms in total. The van der Waals surface area contributed by atoms with Crippen LogP contribution in [0, 0.1) is 0 Å². The number of alkyl halides is 3. The first-order valence-electron chi connectivity index (χ1n) is 12.7. The Labute approximate surface area is 224 Å². The van der Waals surface area contributed by atoms with Crippen LogP contribution in [0.3, 0.4) is 0 Å². The summed E-state index contributed by atoms with van der Waals surface area (Å²) >= 11 is 0. The standard InChI is InChI=1S/C27H32F3N5O4/c1-5-10-39-11-9-17(6-2)24-23-20(26(36)35(24)19-14-32-34(15-19)16-27(28,29)30)7-8-21(33-23)18-12-22(37-3)25(38-4)31-13-18/h7-8,12-15,17,36H,5-6,9-11,16H2,1-4H3. The third-order valence-electron chi connectivity index (χ3n) is 6.42. The highest BCUT2D eigenvalue weighted by molar-refractivity contribution is 5.91. The Morgan fingerprint density at radius 1 is 1.08 bits per heavy atom. The van der Waals surface area contributed by atoms with Crippen molar-refractivity contribution in [2.75, 3.05) is 27.4 Å². The maximum Gasteiger partial charge on any atom is 0.408 e. The average molecular weight is 548 g/mol. The molecule has 1 N–H and O–H groups in total. The number of fused-ring (bicyclic) bond motifs is 1. The van der Waals surface area contributed by atoms with Crippen LogP contribution in [0.15, 0.2) is 36.8 Å². The lowest BCUT2D eigenvalue weighted by Gasteiger charge is -2.18. The van der Waals surface area contributed by atoms with Gasteiger partial charge in [0.1, 0.15) is 6.54 Å². The van der Waals surface area contributed by atoms with Crippen LogP contribution in [0.5, 0.6) is 17.5 Å². The molecule has 0 saturated heterocycles. The first-order chi connectivity index (χ1) is 18.7. The van der Waals surface area contributed by atoms with E-state index in [1.54, 1.807) is 29.0 Å². The van der Waals surface area contributed by atoms with Gasteiger partial charge in [0.15, 0.2) is 5.75 Å².